The van der Waals surface area contributed by atoms with Gasteiger partial charge < -0.3 is 10.4 Å². The van der Waals surface area contributed by atoms with Crippen LogP contribution in [-0.4, -0.2) is 38.5 Å². The molecule has 2 N–H and O–H groups in total. The average molecular weight is 447 g/mol. The first kappa shape index (κ1) is 20.7. The van der Waals surface area contributed by atoms with Crippen molar-refractivity contribution in [2.24, 2.45) is 5.92 Å². The van der Waals surface area contributed by atoms with Crippen LogP contribution in [0.5, 0.6) is 0 Å². The highest BCUT2D eigenvalue weighted by Gasteiger charge is 2.52. The molecule has 2 aromatic rings. The Morgan fingerprint density at radius 1 is 1.27 bits per heavy atom. The maximum Gasteiger partial charge on any atom is 0.326 e. The monoisotopic (exact) mass is 446 g/mol. The maximum atomic E-state index is 11.9. The lowest BCUT2D eigenvalue weighted by Crippen LogP contribution is -2.42. The van der Waals surface area contributed by atoms with Crippen molar-refractivity contribution in [1.82, 2.24) is 0 Å². The number of anilines is 1. The molecule has 0 unspecified atom stereocenters. The van der Waals surface area contributed by atoms with Crippen LogP contribution in [0.4, 0.5) is 11.4 Å². The number of nitro benzene ring substituents is 1. The van der Waals surface area contributed by atoms with E-state index >= 15 is 0 Å². The van der Waals surface area contributed by atoms with E-state index in [0.717, 1.165) is 5.56 Å². The molecule has 9 heteroatoms. The van der Waals surface area contributed by atoms with Crippen molar-refractivity contribution in [3.05, 3.63) is 63.7 Å². The van der Waals surface area contributed by atoms with Crippen molar-refractivity contribution in [1.29, 1.82) is 0 Å². The Bertz CT molecular complexity index is 1050. The Morgan fingerprint density at radius 2 is 2.00 bits per heavy atom. The number of nitrogens with zero attached hydrogens (tertiary/aromatic N) is 1. The summed E-state index contributed by atoms with van der Waals surface area (Å²) in [7, 11) is 0. The van der Waals surface area contributed by atoms with Gasteiger partial charge in [-0.15, -0.1) is 23.4 Å². The molecule has 4 rings (SSSR count). The van der Waals surface area contributed by atoms with Gasteiger partial charge in [0.2, 0.25) is 0 Å². The summed E-state index contributed by atoms with van der Waals surface area (Å²) in [6, 6.07) is 10.8. The zero-order chi connectivity index (χ0) is 21.6. The van der Waals surface area contributed by atoms with Crippen LogP contribution >= 0.6 is 23.4 Å². The summed E-state index contributed by atoms with van der Waals surface area (Å²) >= 11 is 8.18. The summed E-state index contributed by atoms with van der Waals surface area (Å²) in [4.78, 5) is 35.3. The molecule has 7 nitrogen and oxygen atoms in total. The van der Waals surface area contributed by atoms with Crippen LogP contribution in [0.1, 0.15) is 35.2 Å². The van der Waals surface area contributed by atoms with Gasteiger partial charge in [0.15, 0.2) is 5.78 Å². The topological polar surface area (TPSA) is 110 Å². The maximum absolute atomic E-state index is 11.9. The normalized spacial score (nSPS) is 26.9. The van der Waals surface area contributed by atoms with Crippen LogP contribution in [0.25, 0.3) is 0 Å². The summed E-state index contributed by atoms with van der Waals surface area (Å²) in [5.41, 5.74) is 2.04. The Kier molecular flexibility index (Phi) is 5.46. The largest absolute Gasteiger partial charge is 0.480 e. The van der Waals surface area contributed by atoms with Crippen molar-refractivity contribution in [2.45, 2.75) is 40.8 Å². The highest BCUT2D eigenvalue weighted by molar-refractivity contribution is 8.00. The van der Waals surface area contributed by atoms with E-state index in [1.807, 2.05) is 0 Å². The molecule has 156 valence electrons. The minimum atomic E-state index is -0.966. The number of nitrogens with one attached hydrogen (secondary N) is 1. The molecular formula is C21H19ClN2O5S. The van der Waals surface area contributed by atoms with Crippen molar-refractivity contribution in [2.75, 3.05) is 5.32 Å². The van der Waals surface area contributed by atoms with Gasteiger partial charge in [0.25, 0.3) is 5.69 Å². The fourth-order valence-corrected chi connectivity index (χ4v) is 6.39. The second kappa shape index (κ2) is 7.92. The van der Waals surface area contributed by atoms with Gasteiger partial charge in [-0.1, -0.05) is 12.1 Å². The minimum absolute atomic E-state index is 0.00779. The number of nitro groups is 1. The van der Waals surface area contributed by atoms with Crippen LogP contribution in [0.15, 0.2) is 47.4 Å². The number of rotatable bonds is 5. The third-order valence-electron chi connectivity index (χ3n) is 5.83. The molecule has 0 spiro atoms. The molecule has 30 heavy (non-hydrogen) atoms. The number of benzene rings is 2. The summed E-state index contributed by atoms with van der Waals surface area (Å²) in [5, 5.41) is 23.6. The molecule has 1 saturated carbocycles. The molecule has 0 saturated heterocycles. The number of para-hydroxylation sites is 1. The van der Waals surface area contributed by atoms with E-state index in [1.54, 1.807) is 36.4 Å². The van der Waals surface area contributed by atoms with E-state index in [0.29, 0.717) is 22.6 Å². The molecular weight excluding hydrogens is 428 g/mol. The predicted octanol–water partition coefficient (Wildman–Crippen LogP) is 4.55. The van der Waals surface area contributed by atoms with Crippen LogP contribution < -0.4 is 5.32 Å². The summed E-state index contributed by atoms with van der Waals surface area (Å²) in [6.45, 7) is 1.48. The Morgan fingerprint density at radius 3 is 2.67 bits per heavy atom. The predicted molar refractivity (Wildman–Crippen MR) is 115 cm³/mol. The number of carboxylic acids is 1. The number of halogens is 1. The van der Waals surface area contributed by atoms with E-state index in [1.165, 1.54) is 24.8 Å². The number of aliphatic carboxylic acids is 1. The van der Waals surface area contributed by atoms with Crippen molar-refractivity contribution in [3.8, 4) is 0 Å². The van der Waals surface area contributed by atoms with E-state index in [-0.39, 0.29) is 28.6 Å². The number of hydrogen-bond acceptors (Lipinski definition) is 6. The van der Waals surface area contributed by atoms with Crippen molar-refractivity contribution >= 4 is 46.5 Å². The highest BCUT2D eigenvalue weighted by Crippen LogP contribution is 2.55. The van der Waals surface area contributed by atoms with Crippen LogP contribution in [0.3, 0.4) is 0 Å². The zero-order valence-corrected chi connectivity index (χ0v) is 17.5. The van der Waals surface area contributed by atoms with E-state index in [4.69, 9.17) is 11.6 Å². The first-order chi connectivity index (χ1) is 14.3. The summed E-state index contributed by atoms with van der Waals surface area (Å²) in [5.74, 6) is -1.61. The number of carbonyl (C=O) groups is 2. The Labute approximate surface area is 182 Å². The summed E-state index contributed by atoms with van der Waals surface area (Å²) in [6.07, 6.45) is 0.489. The molecule has 1 heterocycles. The second-order valence-corrected chi connectivity index (χ2v) is 9.35. The number of hydrogen-bond donors (Lipinski definition) is 2. The third-order valence-corrected chi connectivity index (χ3v) is 7.94. The number of thioether (sulfide) groups is 1. The van der Waals surface area contributed by atoms with E-state index in [2.05, 4.69) is 5.32 Å². The lowest BCUT2D eigenvalue weighted by molar-refractivity contribution is -0.387. The standard InChI is InChI=1S/C21H19ClN2O5S/c1-10(25)11-6-7-14-12(8-11)18-13(20(23-14)21(26)27)9-17(19(18)22)30-16-5-3-2-4-15(16)24(28)29/h2-8,13,17-20,23H,9H2,1H3,(H,26,27)/t13-,17-,18+,19-,20+/m1/s1. The molecule has 0 radical (unpaired) electrons. The van der Waals surface area contributed by atoms with Gasteiger partial charge in [-0.25, -0.2) is 4.79 Å². The van der Waals surface area contributed by atoms with E-state index < -0.39 is 22.3 Å². The fraction of sp³-hybridized carbons (Fsp3) is 0.333. The van der Waals surface area contributed by atoms with Gasteiger partial charge >= 0.3 is 5.97 Å². The summed E-state index contributed by atoms with van der Waals surface area (Å²) < 4.78 is 0. The Hall–Kier alpha value is -2.58. The van der Waals surface area contributed by atoms with E-state index in [9.17, 15) is 24.8 Å². The lowest BCUT2D eigenvalue weighted by atomic mass is 9.79. The molecule has 0 bridgehead atoms. The number of alkyl halides is 1. The number of carboxylic acid groups (broad SMARTS) is 1. The number of fused-ring (bicyclic) bond motifs is 3. The van der Waals surface area contributed by atoms with Gasteiger partial charge in [-0.2, -0.15) is 0 Å². The van der Waals surface area contributed by atoms with Crippen molar-refractivity contribution in [3.63, 3.8) is 0 Å². The minimum Gasteiger partial charge on any atom is -0.480 e. The molecule has 5 atom stereocenters. The number of Topliss-reactive ketones (excluding diaryl/α,β-unsaturated/α-hetero) is 1. The highest BCUT2D eigenvalue weighted by atomic mass is 35.5. The molecule has 0 aromatic heterocycles. The Balaban J connectivity index is 1.72. The van der Waals surface area contributed by atoms with Gasteiger partial charge in [0.1, 0.15) is 6.04 Å². The smallest absolute Gasteiger partial charge is 0.326 e. The van der Waals surface area contributed by atoms with Gasteiger partial charge in [-0.05, 0) is 49.1 Å². The SMILES string of the molecule is CC(=O)c1ccc2c(c1)[C@@H]1[C@H](Cl)[C@H](Sc3ccccc3[N+](=O)[O-])C[C@H]1[C@@H](C(=O)O)N2. The zero-order valence-electron chi connectivity index (χ0n) is 15.9. The molecule has 1 aliphatic carbocycles. The lowest BCUT2D eigenvalue weighted by Gasteiger charge is -2.36. The van der Waals surface area contributed by atoms with Crippen molar-refractivity contribution < 1.29 is 19.6 Å². The quantitative estimate of drug-likeness (QED) is 0.300. The van der Waals surface area contributed by atoms with Gasteiger partial charge in [0.05, 0.1) is 15.2 Å². The average Bonchev–Trinajstić information content (AvgIpc) is 3.03. The van der Waals surface area contributed by atoms with Gasteiger partial charge in [0, 0.05) is 28.5 Å². The van der Waals surface area contributed by atoms with Crippen LogP contribution in [0.2, 0.25) is 0 Å². The number of ketones is 1. The molecule has 2 aliphatic rings. The second-order valence-electron chi connectivity index (χ2n) is 7.57. The first-order valence-electron chi connectivity index (χ1n) is 9.46. The molecule has 0 amide bonds. The fourth-order valence-electron chi connectivity index (χ4n) is 4.45. The first-order valence-corrected chi connectivity index (χ1v) is 10.8. The van der Waals surface area contributed by atoms with Crippen LogP contribution in [0, 0.1) is 16.0 Å². The van der Waals surface area contributed by atoms with Crippen LogP contribution in [-0.2, 0) is 4.79 Å². The molecule has 2 aromatic carbocycles. The number of carbonyl (C=O) groups excluding carboxylic acids is 1. The molecule has 1 aliphatic heterocycles. The molecule has 1 fully saturated rings. The van der Waals surface area contributed by atoms with Gasteiger partial charge in [-0.3, -0.25) is 14.9 Å². The third kappa shape index (κ3) is 3.54.